The van der Waals surface area contributed by atoms with Crippen LogP contribution >= 0.6 is 22.7 Å². The average molecular weight is 1670 g/mol. The standard InChI is InChI=1S/C107H66N14S2Si2/c1-5-31-69(32-6-1)124(70-33-7-2-8-34-70,95-57-29-42-76-74-40-14-27-55-93(74)122-101(76)95)103-111-97(65-98(112-103)119-90-52-24-21-49-87(90)116-84-47-19-16-44-79(84)108-105(116)119)115-82-46-18-13-39-73(82)78-63-67(59-61-83(78)115)68-60-62-86-81(64-68)110-107-118(86)89-51-23-26-54-92(89)121(107)100-66-99(120-91-53-25-22-50-88(91)117-85-48-20-17-45-80(85)109-106(117)120)113-104(114-100)125(71-35-9-3-10-36-71,72-37-11-4-12-38-72)96-58-30-43-77-75-41-15-28-56-94(75)123-102(77)96/h1-66H. The number of imidazole rings is 6. The van der Waals surface area contributed by atoms with Gasteiger partial charge in [0.1, 0.15) is 34.2 Å². The predicted molar refractivity (Wildman–Crippen MR) is 520 cm³/mol. The van der Waals surface area contributed by atoms with E-state index in [2.05, 4.69) is 432 Å². The van der Waals surface area contributed by atoms with Crippen molar-refractivity contribution >= 4 is 227 Å². The van der Waals surface area contributed by atoms with E-state index in [0.717, 1.165) is 138 Å². The fourth-order valence-electron chi connectivity index (χ4n) is 20.6. The summed E-state index contributed by atoms with van der Waals surface area (Å²) in [6.07, 6.45) is 0. The number of nitrogens with zero attached hydrogens (tertiary/aromatic N) is 14. The van der Waals surface area contributed by atoms with Crippen LogP contribution in [0.4, 0.5) is 0 Å². The second kappa shape index (κ2) is 26.8. The molecule has 125 heavy (non-hydrogen) atoms. The average Bonchev–Trinajstić information content (AvgIpc) is 1.61. The summed E-state index contributed by atoms with van der Waals surface area (Å²) in [4.78, 5) is 41.6. The molecule has 18 heteroatoms. The summed E-state index contributed by atoms with van der Waals surface area (Å²) in [5.74, 6) is 5.01. The topological polar surface area (TPSA) is 123 Å². The molecule has 0 radical (unpaired) electrons. The monoisotopic (exact) mass is 1670 g/mol. The lowest BCUT2D eigenvalue weighted by Gasteiger charge is -2.33. The second-order valence-electron chi connectivity index (χ2n) is 32.3. The first kappa shape index (κ1) is 69.9. The van der Waals surface area contributed by atoms with Gasteiger partial charge >= 0.3 is 0 Å². The molecular formula is C107H66N14S2Si2. The molecule has 0 N–H and O–H groups in total. The van der Waals surface area contributed by atoms with E-state index in [1.165, 1.54) is 61.1 Å². The molecule has 0 saturated heterocycles. The van der Waals surface area contributed by atoms with Crippen molar-refractivity contribution in [3.05, 3.63) is 400 Å². The van der Waals surface area contributed by atoms with Crippen LogP contribution in [0.1, 0.15) is 0 Å². The van der Waals surface area contributed by atoms with Crippen LogP contribution in [0.3, 0.4) is 0 Å². The summed E-state index contributed by atoms with van der Waals surface area (Å²) in [7, 11) is -7.27. The van der Waals surface area contributed by atoms with Crippen molar-refractivity contribution in [3.63, 3.8) is 0 Å². The zero-order valence-corrected chi connectivity index (χ0v) is 70.3. The molecule has 11 heterocycles. The van der Waals surface area contributed by atoms with E-state index >= 15 is 0 Å². The Kier molecular flexibility index (Phi) is 15.0. The van der Waals surface area contributed by atoms with E-state index in [-0.39, 0.29) is 0 Å². The van der Waals surface area contributed by atoms with Crippen molar-refractivity contribution in [3.8, 4) is 34.4 Å². The van der Waals surface area contributed by atoms with Gasteiger partial charge in [0.25, 0.3) is 0 Å². The lowest BCUT2D eigenvalue weighted by Crippen LogP contribution is -2.76. The van der Waals surface area contributed by atoms with E-state index in [1.54, 1.807) is 0 Å². The summed E-state index contributed by atoms with van der Waals surface area (Å²) in [6, 6.07) is 145. The molecule has 0 amide bonds. The van der Waals surface area contributed by atoms with Crippen LogP contribution in [-0.4, -0.2) is 82.5 Å². The zero-order chi connectivity index (χ0) is 81.7. The SMILES string of the molecule is c1ccc([Si](c2ccccc2)(c2nc(-n3c4ccccc4c4cc(-c5ccc6c(c5)nc5n(-c7cc(-n8c9ccccc9n9c%10ccccc%10nc89)nc([Si](c8ccccc8)(c8ccccc8)c8cccc9c8sc8ccccc89)n7)c7ccccc7n65)ccc43)cc(-n3c4ccccc4n4c5ccccc5nc34)n2)c2cccc3c2sc2ccccc23)cc1. The minimum atomic E-state index is -3.65. The third kappa shape index (κ3) is 9.94. The lowest BCUT2D eigenvalue weighted by molar-refractivity contribution is 0.982. The van der Waals surface area contributed by atoms with Crippen LogP contribution in [0, 0.1) is 0 Å². The first-order valence-electron chi connectivity index (χ1n) is 42.0. The number of benzene rings is 16. The van der Waals surface area contributed by atoms with Gasteiger partial charge in [-0.15, -0.1) is 22.7 Å². The third-order valence-electron chi connectivity index (χ3n) is 25.8. The fraction of sp³-hybridized carbons (Fsp3) is 0. The Balaban J connectivity index is 0.685. The molecule has 0 spiro atoms. The molecular weight excluding hydrogens is 1600 g/mol. The Hall–Kier alpha value is -15.8. The van der Waals surface area contributed by atoms with E-state index in [9.17, 15) is 0 Å². The van der Waals surface area contributed by atoms with Crippen molar-refractivity contribution in [2.45, 2.75) is 0 Å². The molecule has 27 aromatic rings. The Labute approximate surface area is 722 Å². The van der Waals surface area contributed by atoms with E-state index < -0.39 is 16.1 Å². The first-order chi connectivity index (χ1) is 62.0. The second-order valence-corrected chi connectivity index (χ2v) is 41.7. The van der Waals surface area contributed by atoms with Crippen LogP contribution in [0.2, 0.25) is 0 Å². The van der Waals surface area contributed by atoms with Crippen LogP contribution in [0.5, 0.6) is 0 Å². The van der Waals surface area contributed by atoms with E-state index in [1.807, 2.05) is 22.7 Å². The number of hydrogen-bond acceptors (Lipinski definition) is 9. The Bertz CT molecular complexity index is 9090. The van der Waals surface area contributed by atoms with Crippen molar-refractivity contribution in [2.24, 2.45) is 0 Å². The Morgan fingerprint density at radius 1 is 0.200 bits per heavy atom. The number of thiophene rings is 2. The molecule has 0 bridgehead atoms. The van der Waals surface area contributed by atoms with E-state index in [4.69, 9.17) is 34.9 Å². The molecule has 0 atom stereocenters. The summed E-state index contributed by atoms with van der Waals surface area (Å²) < 4.78 is 20.9. The lowest BCUT2D eigenvalue weighted by atomic mass is 10.0. The molecule has 0 aliphatic carbocycles. The number of hydrogen-bond donors (Lipinski definition) is 0. The van der Waals surface area contributed by atoms with Crippen LogP contribution in [0.15, 0.2) is 400 Å². The Morgan fingerprint density at radius 3 is 0.944 bits per heavy atom. The van der Waals surface area contributed by atoms with Gasteiger partial charge in [0.15, 0.2) is 0 Å². The van der Waals surface area contributed by atoms with Crippen molar-refractivity contribution in [1.82, 2.24) is 66.4 Å². The molecule has 584 valence electrons. The summed E-state index contributed by atoms with van der Waals surface area (Å²) in [5, 5.41) is 14.1. The van der Waals surface area contributed by atoms with Gasteiger partial charge in [0.05, 0.1) is 77.2 Å². The van der Waals surface area contributed by atoms with Gasteiger partial charge < -0.3 is 0 Å². The van der Waals surface area contributed by atoms with Gasteiger partial charge in [0.2, 0.25) is 33.5 Å². The highest BCUT2D eigenvalue weighted by atomic mass is 32.1. The molecule has 0 unspecified atom stereocenters. The smallest absolute Gasteiger partial charge is 0.227 e. The van der Waals surface area contributed by atoms with Gasteiger partial charge in [-0.05, 0) is 145 Å². The van der Waals surface area contributed by atoms with Crippen LogP contribution in [-0.2, 0) is 0 Å². The maximum atomic E-state index is 6.21. The highest BCUT2D eigenvalue weighted by Gasteiger charge is 2.49. The Morgan fingerprint density at radius 2 is 0.512 bits per heavy atom. The summed E-state index contributed by atoms with van der Waals surface area (Å²) in [6.45, 7) is 0. The highest BCUT2D eigenvalue weighted by molar-refractivity contribution is 7.31. The molecule has 0 saturated carbocycles. The summed E-state index contributed by atoms with van der Waals surface area (Å²) in [5.41, 5.74) is 17.1. The van der Waals surface area contributed by atoms with Crippen LogP contribution < -0.4 is 42.0 Å². The van der Waals surface area contributed by atoms with Crippen molar-refractivity contribution in [2.75, 3.05) is 0 Å². The third-order valence-corrected chi connectivity index (χ3v) is 37.7. The normalized spacial score (nSPS) is 12.5. The van der Waals surface area contributed by atoms with Gasteiger partial charge in [-0.25, -0.2) is 34.9 Å². The van der Waals surface area contributed by atoms with Gasteiger partial charge in [-0.1, -0.05) is 285 Å². The largest absolute Gasteiger partial charge is 0.294 e. The minimum absolute atomic E-state index is 0.669. The molecule has 11 aromatic heterocycles. The van der Waals surface area contributed by atoms with Crippen LogP contribution in [0.25, 0.3) is 180 Å². The van der Waals surface area contributed by atoms with Gasteiger partial charge in [-0.2, -0.15) is 0 Å². The fourth-order valence-corrected chi connectivity index (χ4v) is 33.0. The number of rotatable bonds is 13. The number of para-hydroxylation sites is 11. The van der Waals surface area contributed by atoms with Crippen molar-refractivity contribution < 1.29 is 0 Å². The van der Waals surface area contributed by atoms with Gasteiger partial charge in [0, 0.05) is 63.2 Å². The molecule has 27 rings (SSSR count). The first-order valence-corrected chi connectivity index (χ1v) is 47.7. The zero-order valence-electron chi connectivity index (χ0n) is 66.7. The van der Waals surface area contributed by atoms with E-state index in [0.29, 0.717) is 23.2 Å². The molecule has 16 aromatic carbocycles. The molecule has 0 fully saturated rings. The molecule has 0 aliphatic heterocycles. The molecule has 0 aliphatic rings. The predicted octanol–water partition coefficient (Wildman–Crippen LogP) is 19.8. The molecule has 14 nitrogen and oxygen atoms in total. The maximum Gasteiger partial charge on any atom is 0.227 e. The number of fused-ring (bicyclic) bond motifs is 24. The summed E-state index contributed by atoms with van der Waals surface area (Å²) >= 11 is 3.71. The maximum absolute atomic E-state index is 6.21. The number of aromatic nitrogens is 14. The highest BCUT2D eigenvalue weighted by Crippen LogP contribution is 2.42. The van der Waals surface area contributed by atoms with Gasteiger partial charge in [-0.3, -0.25) is 31.5 Å². The van der Waals surface area contributed by atoms with Crippen molar-refractivity contribution in [1.29, 1.82) is 0 Å². The quantitative estimate of drug-likeness (QED) is 0.0832. The minimum Gasteiger partial charge on any atom is -0.294 e.